The van der Waals surface area contributed by atoms with Gasteiger partial charge in [-0.15, -0.1) is 0 Å². The molecule has 15 heavy (non-hydrogen) atoms. The molecule has 1 aliphatic heterocycles. The highest BCUT2D eigenvalue weighted by atomic mass is 16.5. The molecule has 0 aromatic heterocycles. The number of piperazine rings is 1. The van der Waals surface area contributed by atoms with E-state index in [1.165, 1.54) is 5.56 Å². The zero-order valence-corrected chi connectivity index (χ0v) is 9.12. The third-order valence-corrected chi connectivity index (χ3v) is 2.64. The van der Waals surface area contributed by atoms with Gasteiger partial charge in [0.1, 0.15) is 5.75 Å². The van der Waals surface area contributed by atoms with Crippen LogP contribution in [-0.4, -0.2) is 26.2 Å². The molecule has 0 spiro atoms. The van der Waals surface area contributed by atoms with E-state index in [0.717, 1.165) is 32.0 Å². The standard InChI is InChI=1S/C12H18N2O/c1-2-15-12-6-4-3-5-10(12)11-9-13-7-8-14-11/h3-6,11,13-14H,2,7-9H2,1H3/t11-/m0/s1. The van der Waals surface area contributed by atoms with Crippen LogP contribution in [0.4, 0.5) is 0 Å². The van der Waals surface area contributed by atoms with E-state index in [9.17, 15) is 0 Å². The summed E-state index contributed by atoms with van der Waals surface area (Å²) in [4.78, 5) is 0. The van der Waals surface area contributed by atoms with Gasteiger partial charge in [0.2, 0.25) is 0 Å². The number of ether oxygens (including phenoxy) is 1. The van der Waals surface area contributed by atoms with Gasteiger partial charge in [0.15, 0.2) is 0 Å². The topological polar surface area (TPSA) is 33.3 Å². The molecule has 0 bridgehead atoms. The fourth-order valence-corrected chi connectivity index (χ4v) is 1.93. The number of para-hydroxylation sites is 1. The number of benzene rings is 1. The average molecular weight is 206 g/mol. The number of rotatable bonds is 3. The molecule has 0 amide bonds. The first-order chi connectivity index (χ1) is 7.42. The van der Waals surface area contributed by atoms with E-state index in [1.807, 2.05) is 19.1 Å². The van der Waals surface area contributed by atoms with E-state index in [2.05, 4.69) is 22.8 Å². The maximum atomic E-state index is 5.62. The zero-order chi connectivity index (χ0) is 10.5. The highest BCUT2D eigenvalue weighted by molar-refractivity contribution is 5.36. The molecule has 1 heterocycles. The summed E-state index contributed by atoms with van der Waals surface area (Å²) in [5.74, 6) is 1.00. The van der Waals surface area contributed by atoms with Gasteiger partial charge in [-0.05, 0) is 13.0 Å². The molecule has 0 aliphatic carbocycles. The van der Waals surface area contributed by atoms with Crippen molar-refractivity contribution in [3.8, 4) is 5.75 Å². The van der Waals surface area contributed by atoms with Gasteiger partial charge in [0, 0.05) is 31.2 Å². The van der Waals surface area contributed by atoms with Gasteiger partial charge in [-0.3, -0.25) is 0 Å². The van der Waals surface area contributed by atoms with Gasteiger partial charge in [-0.25, -0.2) is 0 Å². The Labute approximate surface area is 90.8 Å². The predicted octanol–water partition coefficient (Wildman–Crippen LogP) is 1.32. The van der Waals surface area contributed by atoms with Gasteiger partial charge >= 0.3 is 0 Å². The highest BCUT2D eigenvalue weighted by Crippen LogP contribution is 2.25. The van der Waals surface area contributed by atoms with Crippen LogP contribution in [0.5, 0.6) is 5.75 Å². The van der Waals surface area contributed by atoms with Crippen molar-refractivity contribution in [2.75, 3.05) is 26.2 Å². The lowest BCUT2D eigenvalue weighted by Crippen LogP contribution is -2.42. The second-order valence-electron chi connectivity index (χ2n) is 3.68. The largest absolute Gasteiger partial charge is 0.494 e. The van der Waals surface area contributed by atoms with E-state index in [1.54, 1.807) is 0 Å². The van der Waals surface area contributed by atoms with E-state index < -0.39 is 0 Å². The Morgan fingerprint density at radius 2 is 2.20 bits per heavy atom. The summed E-state index contributed by atoms with van der Waals surface area (Å²) in [6, 6.07) is 8.63. The van der Waals surface area contributed by atoms with Gasteiger partial charge < -0.3 is 15.4 Å². The second-order valence-corrected chi connectivity index (χ2v) is 3.68. The SMILES string of the molecule is CCOc1ccccc1[C@@H]1CNCCN1. The quantitative estimate of drug-likeness (QED) is 0.782. The van der Waals surface area contributed by atoms with Crippen molar-refractivity contribution in [2.45, 2.75) is 13.0 Å². The molecule has 1 fully saturated rings. The summed E-state index contributed by atoms with van der Waals surface area (Å²) in [5.41, 5.74) is 1.26. The fraction of sp³-hybridized carbons (Fsp3) is 0.500. The van der Waals surface area contributed by atoms with Crippen LogP contribution < -0.4 is 15.4 Å². The summed E-state index contributed by atoms with van der Waals surface area (Å²) in [6.07, 6.45) is 0. The summed E-state index contributed by atoms with van der Waals surface area (Å²) in [7, 11) is 0. The number of hydrogen-bond acceptors (Lipinski definition) is 3. The Kier molecular flexibility index (Phi) is 3.59. The van der Waals surface area contributed by atoms with Crippen molar-refractivity contribution < 1.29 is 4.74 Å². The summed E-state index contributed by atoms with van der Waals surface area (Å²) >= 11 is 0. The molecule has 1 aliphatic rings. The third-order valence-electron chi connectivity index (χ3n) is 2.64. The van der Waals surface area contributed by atoms with Gasteiger partial charge in [-0.2, -0.15) is 0 Å². The molecule has 2 rings (SSSR count). The maximum Gasteiger partial charge on any atom is 0.124 e. The first-order valence-corrected chi connectivity index (χ1v) is 5.57. The molecule has 3 heteroatoms. The molecule has 1 atom stereocenters. The minimum Gasteiger partial charge on any atom is -0.494 e. The molecule has 0 unspecified atom stereocenters. The number of nitrogens with one attached hydrogen (secondary N) is 2. The van der Waals surface area contributed by atoms with Crippen LogP contribution in [0, 0.1) is 0 Å². The van der Waals surface area contributed by atoms with Crippen molar-refractivity contribution >= 4 is 0 Å². The first-order valence-electron chi connectivity index (χ1n) is 5.57. The Morgan fingerprint density at radius 3 is 2.93 bits per heavy atom. The van der Waals surface area contributed by atoms with Crippen LogP contribution in [0.15, 0.2) is 24.3 Å². The number of hydrogen-bond donors (Lipinski definition) is 2. The van der Waals surface area contributed by atoms with E-state index in [4.69, 9.17) is 4.74 Å². The first kappa shape index (κ1) is 10.5. The molecule has 0 radical (unpaired) electrons. The summed E-state index contributed by atoms with van der Waals surface area (Å²) in [5, 5.41) is 6.88. The summed E-state index contributed by atoms with van der Waals surface area (Å²) in [6.45, 7) is 5.78. The van der Waals surface area contributed by atoms with E-state index in [0.29, 0.717) is 6.04 Å². The molecular weight excluding hydrogens is 188 g/mol. The Morgan fingerprint density at radius 1 is 1.33 bits per heavy atom. The van der Waals surface area contributed by atoms with E-state index >= 15 is 0 Å². The lowest BCUT2D eigenvalue weighted by atomic mass is 10.0. The van der Waals surface area contributed by atoms with Crippen LogP contribution in [0.2, 0.25) is 0 Å². The molecular formula is C12H18N2O. The minimum atomic E-state index is 0.376. The van der Waals surface area contributed by atoms with Crippen molar-refractivity contribution in [3.05, 3.63) is 29.8 Å². The maximum absolute atomic E-state index is 5.62. The van der Waals surface area contributed by atoms with Crippen LogP contribution in [0.1, 0.15) is 18.5 Å². The monoisotopic (exact) mass is 206 g/mol. The minimum absolute atomic E-state index is 0.376. The summed E-state index contributed by atoms with van der Waals surface area (Å²) < 4.78 is 5.62. The molecule has 3 nitrogen and oxygen atoms in total. The van der Waals surface area contributed by atoms with Crippen molar-refractivity contribution in [1.29, 1.82) is 0 Å². The third kappa shape index (κ3) is 2.49. The van der Waals surface area contributed by atoms with Crippen molar-refractivity contribution in [2.24, 2.45) is 0 Å². The normalized spacial score (nSPS) is 21.3. The molecule has 2 N–H and O–H groups in total. The molecule has 0 saturated carbocycles. The van der Waals surface area contributed by atoms with Crippen molar-refractivity contribution in [1.82, 2.24) is 10.6 Å². The Balaban J connectivity index is 2.17. The van der Waals surface area contributed by atoms with E-state index in [-0.39, 0.29) is 0 Å². The zero-order valence-electron chi connectivity index (χ0n) is 9.12. The smallest absolute Gasteiger partial charge is 0.124 e. The van der Waals surface area contributed by atoms with Crippen molar-refractivity contribution in [3.63, 3.8) is 0 Å². The lowest BCUT2D eigenvalue weighted by molar-refractivity contribution is 0.326. The Bertz CT molecular complexity index is 308. The second kappa shape index (κ2) is 5.14. The van der Waals surface area contributed by atoms with Crippen LogP contribution in [0.3, 0.4) is 0 Å². The van der Waals surface area contributed by atoms with Crippen LogP contribution >= 0.6 is 0 Å². The fourth-order valence-electron chi connectivity index (χ4n) is 1.93. The average Bonchev–Trinajstić information content (AvgIpc) is 2.31. The molecule has 1 aromatic rings. The molecule has 1 aromatic carbocycles. The van der Waals surface area contributed by atoms with Gasteiger partial charge in [-0.1, -0.05) is 18.2 Å². The van der Waals surface area contributed by atoms with Crippen LogP contribution in [-0.2, 0) is 0 Å². The van der Waals surface area contributed by atoms with Gasteiger partial charge in [0.05, 0.1) is 6.61 Å². The molecule has 82 valence electrons. The lowest BCUT2D eigenvalue weighted by Gasteiger charge is -2.26. The molecule has 1 saturated heterocycles. The van der Waals surface area contributed by atoms with Gasteiger partial charge in [0.25, 0.3) is 0 Å². The predicted molar refractivity (Wildman–Crippen MR) is 61.2 cm³/mol. The van der Waals surface area contributed by atoms with Crippen LogP contribution in [0.25, 0.3) is 0 Å². The Hall–Kier alpha value is -1.06. The highest BCUT2D eigenvalue weighted by Gasteiger charge is 2.17.